The number of hydrogen-bond acceptors (Lipinski definition) is 4. The van der Waals surface area contributed by atoms with Crippen molar-refractivity contribution in [3.63, 3.8) is 0 Å². The average Bonchev–Trinajstić information content (AvgIpc) is 3.46. The number of hydrogen-bond donors (Lipinski definition) is 3. The van der Waals surface area contributed by atoms with E-state index in [4.69, 9.17) is 5.26 Å². The number of nitriles is 1. The third kappa shape index (κ3) is 4.12. The van der Waals surface area contributed by atoms with Gasteiger partial charge >= 0.3 is 0 Å². The van der Waals surface area contributed by atoms with Crippen LogP contribution in [0.4, 0.5) is 17.1 Å². The van der Waals surface area contributed by atoms with Gasteiger partial charge in [-0.2, -0.15) is 5.26 Å². The van der Waals surface area contributed by atoms with Crippen LogP contribution < -0.4 is 16.0 Å². The predicted molar refractivity (Wildman–Crippen MR) is 101 cm³/mol. The van der Waals surface area contributed by atoms with Gasteiger partial charge in [0.1, 0.15) is 5.41 Å². The first-order chi connectivity index (χ1) is 12.9. The molecule has 0 aromatic heterocycles. The Morgan fingerprint density at radius 2 is 1.22 bits per heavy atom. The van der Waals surface area contributed by atoms with Crippen molar-refractivity contribution in [2.45, 2.75) is 19.8 Å². The van der Waals surface area contributed by atoms with Crippen molar-refractivity contribution >= 4 is 34.8 Å². The normalized spacial score (nSPS) is 13.8. The van der Waals surface area contributed by atoms with Crippen molar-refractivity contribution in [3.05, 3.63) is 54.1 Å². The molecule has 0 unspecified atom stereocenters. The number of rotatable bonds is 5. The molecule has 7 heteroatoms. The van der Waals surface area contributed by atoms with Crippen molar-refractivity contribution < 1.29 is 14.4 Å². The van der Waals surface area contributed by atoms with Crippen LogP contribution in [0.25, 0.3) is 0 Å². The average molecular weight is 362 g/mol. The summed E-state index contributed by atoms with van der Waals surface area (Å²) in [4.78, 5) is 36.2. The molecule has 0 heterocycles. The molecule has 7 nitrogen and oxygen atoms in total. The highest BCUT2D eigenvalue weighted by Crippen LogP contribution is 2.47. The summed E-state index contributed by atoms with van der Waals surface area (Å²) >= 11 is 0. The zero-order valence-corrected chi connectivity index (χ0v) is 14.7. The van der Waals surface area contributed by atoms with Gasteiger partial charge in [0, 0.05) is 24.0 Å². The van der Waals surface area contributed by atoms with Gasteiger partial charge in [0.2, 0.25) is 17.7 Å². The Morgan fingerprint density at radius 1 is 0.815 bits per heavy atom. The zero-order valence-electron chi connectivity index (χ0n) is 14.7. The molecule has 1 aliphatic rings. The Morgan fingerprint density at radius 3 is 1.59 bits per heavy atom. The zero-order chi connectivity index (χ0) is 19.4. The molecule has 1 aliphatic carbocycles. The molecule has 27 heavy (non-hydrogen) atoms. The van der Waals surface area contributed by atoms with E-state index in [9.17, 15) is 14.4 Å². The van der Waals surface area contributed by atoms with E-state index in [1.807, 2.05) is 6.07 Å². The second-order valence-electron chi connectivity index (χ2n) is 6.44. The van der Waals surface area contributed by atoms with Gasteiger partial charge in [0.05, 0.1) is 11.6 Å². The summed E-state index contributed by atoms with van der Waals surface area (Å²) < 4.78 is 0. The number of benzene rings is 2. The maximum atomic E-state index is 12.6. The Balaban J connectivity index is 1.64. The maximum absolute atomic E-state index is 12.6. The van der Waals surface area contributed by atoms with Crippen molar-refractivity contribution in [1.29, 1.82) is 5.26 Å². The molecule has 0 radical (unpaired) electrons. The molecule has 1 saturated carbocycles. The third-order valence-corrected chi connectivity index (χ3v) is 4.35. The highest BCUT2D eigenvalue weighted by atomic mass is 16.2. The minimum atomic E-state index is -1.08. The molecule has 0 aliphatic heterocycles. The van der Waals surface area contributed by atoms with Crippen LogP contribution in [-0.2, 0) is 14.4 Å². The van der Waals surface area contributed by atoms with Crippen molar-refractivity contribution in [1.82, 2.24) is 0 Å². The van der Waals surface area contributed by atoms with E-state index in [2.05, 4.69) is 16.0 Å². The van der Waals surface area contributed by atoms with Gasteiger partial charge in [-0.15, -0.1) is 0 Å². The van der Waals surface area contributed by atoms with E-state index >= 15 is 0 Å². The standard InChI is InChI=1S/C20H18N4O3/c1-13(25)22-15-6-8-17(9-7-15)24-19(27)20(10-11-20)18(26)23-16-4-2-14(12-21)3-5-16/h2-9H,10-11H2,1H3,(H,22,25)(H,23,26)(H,24,27). The van der Waals surface area contributed by atoms with Crippen LogP contribution >= 0.6 is 0 Å². The summed E-state index contributed by atoms with van der Waals surface area (Å²) in [6.07, 6.45) is 0.954. The molecule has 0 saturated heterocycles. The molecule has 2 aromatic carbocycles. The summed E-state index contributed by atoms with van der Waals surface area (Å²) in [7, 11) is 0. The lowest BCUT2D eigenvalue weighted by molar-refractivity contribution is -0.131. The monoisotopic (exact) mass is 362 g/mol. The summed E-state index contributed by atoms with van der Waals surface area (Å²) in [6.45, 7) is 1.42. The molecule has 3 amide bonds. The number of carbonyl (C=O) groups is 3. The number of nitrogens with zero attached hydrogens (tertiary/aromatic N) is 1. The minimum Gasteiger partial charge on any atom is -0.326 e. The van der Waals surface area contributed by atoms with Crippen LogP contribution in [-0.4, -0.2) is 17.7 Å². The van der Waals surface area contributed by atoms with Crippen LogP contribution in [0.3, 0.4) is 0 Å². The smallest absolute Gasteiger partial charge is 0.240 e. The fourth-order valence-corrected chi connectivity index (χ4v) is 2.65. The highest BCUT2D eigenvalue weighted by molar-refractivity contribution is 6.16. The van der Waals surface area contributed by atoms with E-state index in [0.717, 1.165) is 0 Å². The maximum Gasteiger partial charge on any atom is 0.240 e. The Hall–Kier alpha value is -3.66. The Bertz CT molecular complexity index is 923. The fraction of sp³-hybridized carbons (Fsp3) is 0.200. The van der Waals surface area contributed by atoms with Crippen LogP contribution in [0.1, 0.15) is 25.3 Å². The van der Waals surface area contributed by atoms with Crippen molar-refractivity contribution in [3.8, 4) is 6.07 Å². The molecule has 2 aromatic rings. The van der Waals surface area contributed by atoms with Gasteiger partial charge in [0.15, 0.2) is 0 Å². The molecule has 1 fully saturated rings. The van der Waals surface area contributed by atoms with Gasteiger partial charge in [0.25, 0.3) is 0 Å². The van der Waals surface area contributed by atoms with Gasteiger partial charge in [-0.3, -0.25) is 14.4 Å². The number of carbonyl (C=O) groups excluding carboxylic acids is 3. The molecule has 0 spiro atoms. The van der Waals surface area contributed by atoms with E-state index < -0.39 is 5.41 Å². The summed E-state index contributed by atoms with van der Waals surface area (Å²) in [5, 5.41) is 16.9. The molecule has 0 atom stereocenters. The van der Waals surface area contributed by atoms with Crippen LogP contribution in [0.2, 0.25) is 0 Å². The first-order valence-electron chi connectivity index (χ1n) is 8.44. The SMILES string of the molecule is CC(=O)Nc1ccc(NC(=O)C2(C(=O)Nc3ccc(C#N)cc3)CC2)cc1. The van der Waals surface area contributed by atoms with Gasteiger partial charge in [-0.05, 0) is 61.4 Å². The fourth-order valence-electron chi connectivity index (χ4n) is 2.65. The van der Waals surface area contributed by atoms with Crippen LogP contribution in [0.5, 0.6) is 0 Å². The second-order valence-corrected chi connectivity index (χ2v) is 6.44. The summed E-state index contributed by atoms with van der Waals surface area (Å²) in [6, 6.07) is 15.2. The molecule has 0 bridgehead atoms. The first-order valence-corrected chi connectivity index (χ1v) is 8.44. The predicted octanol–water partition coefficient (Wildman–Crippen LogP) is 2.87. The topological polar surface area (TPSA) is 111 Å². The summed E-state index contributed by atoms with van der Waals surface area (Å²) in [5.74, 6) is -0.899. The highest BCUT2D eigenvalue weighted by Gasteiger charge is 2.56. The van der Waals surface area contributed by atoms with E-state index in [1.165, 1.54) is 6.92 Å². The minimum absolute atomic E-state index is 0.178. The molecular weight excluding hydrogens is 344 g/mol. The van der Waals surface area contributed by atoms with E-state index in [0.29, 0.717) is 35.5 Å². The molecule has 3 rings (SSSR count). The molecule has 136 valence electrons. The number of anilines is 3. The lowest BCUT2D eigenvalue weighted by Crippen LogP contribution is -2.35. The Kier molecular flexibility index (Phi) is 4.90. The van der Waals surface area contributed by atoms with Gasteiger partial charge in [-0.25, -0.2) is 0 Å². The second kappa shape index (κ2) is 7.30. The van der Waals surface area contributed by atoms with Gasteiger partial charge in [-0.1, -0.05) is 0 Å². The third-order valence-electron chi connectivity index (χ3n) is 4.35. The van der Waals surface area contributed by atoms with Crippen LogP contribution in [0, 0.1) is 16.7 Å². The summed E-state index contributed by atoms with van der Waals surface area (Å²) in [5.41, 5.74) is 1.13. The molecule has 3 N–H and O–H groups in total. The largest absolute Gasteiger partial charge is 0.326 e. The van der Waals surface area contributed by atoms with Crippen LogP contribution in [0.15, 0.2) is 48.5 Å². The van der Waals surface area contributed by atoms with Crippen molar-refractivity contribution in [2.75, 3.05) is 16.0 Å². The first kappa shape index (κ1) is 18.1. The number of nitrogens with one attached hydrogen (secondary N) is 3. The quantitative estimate of drug-likeness (QED) is 0.710. The van der Waals surface area contributed by atoms with Crippen molar-refractivity contribution in [2.24, 2.45) is 5.41 Å². The lowest BCUT2D eigenvalue weighted by Gasteiger charge is -2.16. The van der Waals surface area contributed by atoms with E-state index in [1.54, 1.807) is 48.5 Å². The van der Waals surface area contributed by atoms with E-state index in [-0.39, 0.29) is 17.7 Å². The number of amides is 3. The molecular formula is C20H18N4O3. The van der Waals surface area contributed by atoms with Gasteiger partial charge < -0.3 is 16.0 Å². The Labute approximate surface area is 156 Å². The lowest BCUT2D eigenvalue weighted by atomic mass is 10.0.